The number of carbonyl (C=O) groups is 1. The molecule has 17 heavy (non-hydrogen) atoms. The van der Waals surface area contributed by atoms with Gasteiger partial charge in [0.15, 0.2) is 0 Å². The van der Waals surface area contributed by atoms with Crippen molar-refractivity contribution < 1.29 is 9.53 Å². The molecule has 1 heterocycles. The molecule has 2 rings (SSSR count). The van der Waals surface area contributed by atoms with Gasteiger partial charge in [0.2, 0.25) is 0 Å². The first-order chi connectivity index (χ1) is 8.20. The Kier molecular flexibility index (Phi) is 3.28. The van der Waals surface area contributed by atoms with E-state index >= 15 is 0 Å². The number of ether oxygens (including phenoxy) is 1. The molecule has 1 aromatic carbocycles. The van der Waals surface area contributed by atoms with Crippen molar-refractivity contribution in [3.63, 3.8) is 0 Å². The smallest absolute Gasteiger partial charge is 0.311 e. The zero-order valence-electron chi connectivity index (χ0n) is 9.99. The maximum absolute atomic E-state index is 11.3. The monoisotopic (exact) mass is 229 g/mol. The number of aryl methyl sites for hydroxylation is 1. The average molecular weight is 229 g/mol. The van der Waals surface area contributed by atoms with Gasteiger partial charge in [0.05, 0.1) is 13.5 Å². The number of esters is 1. The van der Waals surface area contributed by atoms with E-state index in [1.165, 1.54) is 12.7 Å². The molecular weight excluding hydrogens is 214 g/mol. The van der Waals surface area contributed by atoms with E-state index in [2.05, 4.69) is 28.8 Å². The van der Waals surface area contributed by atoms with E-state index in [1.807, 2.05) is 24.4 Å². The third kappa shape index (κ3) is 2.56. The Balaban J connectivity index is 2.33. The zero-order valence-corrected chi connectivity index (χ0v) is 9.99. The van der Waals surface area contributed by atoms with E-state index < -0.39 is 0 Å². The van der Waals surface area contributed by atoms with E-state index in [4.69, 9.17) is 0 Å². The Bertz CT molecular complexity index is 529. The molecule has 0 spiro atoms. The topological polar surface area (TPSA) is 42.1 Å². The summed E-state index contributed by atoms with van der Waals surface area (Å²) in [5.41, 5.74) is 4.26. The minimum atomic E-state index is -0.235. The molecule has 0 fully saturated rings. The number of rotatable bonds is 3. The number of hydrogen-bond acceptors (Lipinski definition) is 2. The van der Waals surface area contributed by atoms with E-state index in [0.29, 0.717) is 0 Å². The number of aromatic nitrogens is 1. The number of aromatic amines is 1. The third-order valence-corrected chi connectivity index (χ3v) is 2.71. The lowest BCUT2D eigenvalue weighted by atomic mass is 10.0. The van der Waals surface area contributed by atoms with Crippen LogP contribution < -0.4 is 0 Å². The lowest BCUT2D eigenvalue weighted by molar-refractivity contribution is -0.139. The highest BCUT2D eigenvalue weighted by Gasteiger charge is 2.10. The molecule has 3 nitrogen and oxygen atoms in total. The van der Waals surface area contributed by atoms with Gasteiger partial charge in [0, 0.05) is 17.5 Å². The average Bonchev–Trinajstić information content (AvgIpc) is 2.77. The molecule has 0 unspecified atom stereocenters. The highest BCUT2D eigenvalue weighted by Crippen LogP contribution is 2.24. The first kappa shape index (κ1) is 11.5. The van der Waals surface area contributed by atoms with Crippen molar-refractivity contribution in [3.8, 4) is 11.1 Å². The first-order valence-corrected chi connectivity index (χ1v) is 5.51. The summed E-state index contributed by atoms with van der Waals surface area (Å²) in [6.07, 6.45) is 2.11. The minimum Gasteiger partial charge on any atom is -0.469 e. The van der Waals surface area contributed by atoms with Crippen LogP contribution in [-0.2, 0) is 16.0 Å². The second-order valence-corrected chi connectivity index (χ2v) is 3.99. The van der Waals surface area contributed by atoms with Gasteiger partial charge in [-0.1, -0.05) is 29.8 Å². The molecule has 0 aliphatic carbocycles. The summed E-state index contributed by atoms with van der Waals surface area (Å²) in [5.74, 6) is -0.235. The van der Waals surface area contributed by atoms with Gasteiger partial charge in [-0.05, 0) is 18.6 Å². The van der Waals surface area contributed by atoms with Gasteiger partial charge in [-0.3, -0.25) is 4.79 Å². The van der Waals surface area contributed by atoms with Crippen molar-refractivity contribution in [1.29, 1.82) is 0 Å². The second-order valence-electron chi connectivity index (χ2n) is 3.99. The summed E-state index contributed by atoms with van der Waals surface area (Å²) in [6, 6.07) is 10.2. The van der Waals surface area contributed by atoms with Gasteiger partial charge in [-0.25, -0.2) is 0 Å². The number of benzene rings is 1. The van der Waals surface area contributed by atoms with Crippen LogP contribution in [-0.4, -0.2) is 18.1 Å². The molecule has 1 aromatic heterocycles. The van der Waals surface area contributed by atoms with Gasteiger partial charge in [0.25, 0.3) is 0 Å². The van der Waals surface area contributed by atoms with E-state index in [0.717, 1.165) is 16.8 Å². The van der Waals surface area contributed by atoms with Gasteiger partial charge in [-0.2, -0.15) is 0 Å². The summed E-state index contributed by atoms with van der Waals surface area (Å²) >= 11 is 0. The van der Waals surface area contributed by atoms with Crippen LogP contribution in [0.3, 0.4) is 0 Å². The summed E-state index contributed by atoms with van der Waals surface area (Å²) in [7, 11) is 1.40. The van der Waals surface area contributed by atoms with Crippen molar-refractivity contribution >= 4 is 5.97 Å². The van der Waals surface area contributed by atoms with Crippen LogP contribution in [0.1, 0.15) is 11.3 Å². The number of methoxy groups -OCH3 is 1. The summed E-state index contributed by atoms with van der Waals surface area (Å²) in [5, 5.41) is 0. The Morgan fingerprint density at radius 3 is 2.88 bits per heavy atom. The largest absolute Gasteiger partial charge is 0.469 e. The number of nitrogens with one attached hydrogen (secondary N) is 1. The van der Waals surface area contributed by atoms with Gasteiger partial charge < -0.3 is 9.72 Å². The van der Waals surface area contributed by atoms with Crippen LogP contribution in [0.2, 0.25) is 0 Å². The molecule has 0 aliphatic rings. The summed E-state index contributed by atoms with van der Waals surface area (Å²) in [4.78, 5) is 14.4. The highest BCUT2D eigenvalue weighted by molar-refractivity contribution is 5.77. The van der Waals surface area contributed by atoms with Gasteiger partial charge in [0.1, 0.15) is 0 Å². The molecule has 0 aliphatic heterocycles. The number of carbonyl (C=O) groups excluding carboxylic acids is 1. The summed E-state index contributed by atoms with van der Waals surface area (Å²) in [6.45, 7) is 2.05. The van der Waals surface area contributed by atoms with Crippen molar-refractivity contribution in [2.75, 3.05) is 7.11 Å². The molecule has 1 N–H and O–H groups in total. The number of hydrogen-bond donors (Lipinski definition) is 1. The van der Waals surface area contributed by atoms with E-state index in [1.54, 1.807) is 0 Å². The predicted octanol–water partition coefficient (Wildman–Crippen LogP) is 2.71. The van der Waals surface area contributed by atoms with E-state index in [-0.39, 0.29) is 12.4 Å². The molecule has 88 valence electrons. The summed E-state index contributed by atoms with van der Waals surface area (Å²) < 4.78 is 4.68. The Labute approximate surface area is 100 Å². The fourth-order valence-corrected chi connectivity index (χ4v) is 1.85. The van der Waals surface area contributed by atoms with Gasteiger partial charge >= 0.3 is 5.97 Å². The normalized spacial score (nSPS) is 10.2. The SMILES string of the molecule is COC(=O)Cc1[nH]ccc1-c1cccc(C)c1. The first-order valence-electron chi connectivity index (χ1n) is 5.51. The molecule has 0 amide bonds. The molecule has 0 saturated heterocycles. The molecule has 0 bridgehead atoms. The molecule has 0 saturated carbocycles. The fraction of sp³-hybridized carbons (Fsp3) is 0.214. The number of H-pyrrole nitrogens is 1. The van der Waals surface area contributed by atoms with Crippen LogP contribution in [0.25, 0.3) is 11.1 Å². The maximum atomic E-state index is 11.3. The van der Waals surface area contributed by atoms with Crippen molar-refractivity contribution in [1.82, 2.24) is 4.98 Å². The molecule has 3 heteroatoms. The maximum Gasteiger partial charge on any atom is 0.311 e. The van der Waals surface area contributed by atoms with Crippen LogP contribution in [0, 0.1) is 6.92 Å². The highest BCUT2D eigenvalue weighted by atomic mass is 16.5. The van der Waals surface area contributed by atoms with Crippen LogP contribution >= 0.6 is 0 Å². The molecule has 0 atom stereocenters. The minimum absolute atomic E-state index is 0.235. The molecular formula is C14H15NO2. The Morgan fingerprint density at radius 1 is 1.35 bits per heavy atom. The molecule has 2 aromatic rings. The van der Waals surface area contributed by atoms with Crippen molar-refractivity contribution in [3.05, 3.63) is 47.8 Å². The zero-order chi connectivity index (χ0) is 12.3. The quantitative estimate of drug-likeness (QED) is 0.822. The van der Waals surface area contributed by atoms with Crippen LogP contribution in [0.5, 0.6) is 0 Å². The van der Waals surface area contributed by atoms with Crippen molar-refractivity contribution in [2.24, 2.45) is 0 Å². The van der Waals surface area contributed by atoms with E-state index in [9.17, 15) is 4.79 Å². The fourth-order valence-electron chi connectivity index (χ4n) is 1.85. The lowest BCUT2D eigenvalue weighted by Crippen LogP contribution is -2.05. The molecule has 0 radical (unpaired) electrons. The van der Waals surface area contributed by atoms with Crippen LogP contribution in [0.4, 0.5) is 0 Å². The Morgan fingerprint density at radius 2 is 2.18 bits per heavy atom. The van der Waals surface area contributed by atoms with Crippen LogP contribution in [0.15, 0.2) is 36.5 Å². The van der Waals surface area contributed by atoms with Crippen molar-refractivity contribution in [2.45, 2.75) is 13.3 Å². The third-order valence-electron chi connectivity index (χ3n) is 2.71. The van der Waals surface area contributed by atoms with Gasteiger partial charge in [-0.15, -0.1) is 0 Å². The second kappa shape index (κ2) is 4.87. The Hall–Kier alpha value is -2.03. The standard InChI is InChI=1S/C14H15NO2/c1-10-4-3-5-11(8-10)12-6-7-15-13(12)9-14(16)17-2/h3-8,15H,9H2,1-2H3. The predicted molar refractivity (Wildman–Crippen MR) is 66.7 cm³/mol. The lowest BCUT2D eigenvalue weighted by Gasteiger charge is -2.04.